The zero-order chi connectivity index (χ0) is 19.6. The van der Waals surface area contributed by atoms with Gasteiger partial charge in [-0.1, -0.05) is 12.8 Å². The third-order valence-electron chi connectivity index (χ3n) is 4.01. The molecular formula is C18H33N3O5. The number of amides is 3. The number of carbonyl (C=O) groups is 3. The highest BCUT2D eigenvalue weighted by molar-refractivity contribution is 5.83. The Morgan fingerprint density at radius 1 is 1.19 bits per heavy atom. The topological polar surface area (TPSA) is 111 Å². The molecule has 1 aliphatic heterocycles. The number of hydrogen-bond donors (Lipinski definition) is 2. The van der Waals surface area contributed by atoms with E-state index in [4.69, 9.17) is 15.2 Å². The molecule has 1 atom stereocenters. The summed E-state index contributed by atoms with van der Waals surface area (Å²) in [5, 5.41) is 2.73. The van der Waals surface area contributed by atoms with Gasteiger partial charge >= 0.3 is 12.2 Å². The lowest BCUT2D eigenvalue weighted by Gasteiger charge is -2.23. The van der Waals surface area contributed by atoms with E-state index in [2.05, 4.69) is 5.32 Å². The molecule has 1 unspecified atom stereocenters. The van der Waals surface area contributed by atoms with E-state index in [1.165, 1.54) is 0 Å². The van der Waals surface area contributed by atoms with Crippen molar-refractivity contribution in [2.24, 2.45) is 5.73 Å². The molecule has 150 valence electrons. The number of rotatable bonds is 8. The van der Waals surface area contributed by atoms with Gasteiger partial charge in [-0.2, -0.15) is 0 Å². The Morgan fingerprint density at radius 3 is 2.54 bits per heavy atom. The number of nitrogens with one attached hydrogen (secondary N) is 1. The summed E-state index contributed by atoms with van der Waals surface area (Å²) in [7, 11) is 0. The van der Waals surface area contributed by atoms with E-state index in [-0.39, 0.29) is 5.91 Å². The highest BCUT2D eigenvalue weighted by Gasteiger charge is 2.29. The van der Waals surface area contributed by atoms with Crippen LogP contribution in [-0.2, 0) is 14.3 Å². The maximum atomic E-state index is 12.4. The Labute approximate surface area is 155 Å². The van der Waals surface area contributed by atoms with Crippen molar-refractivity contribution in [2.75, 3.05) is 19.6 Å². The molecule has 0 aromatic heterocycles. The summed E-state index contributed by atoms with van der Waals surface area (Å²) in [6, 6.07) is 0. The standard InChI is InChI=1S/C18H33N3O5/c1-18(2,3)26-17(24)20-11-7-4-5-8-12-21-13-9-6-10-14(15(21)22)25-16(19)23/h14H,4-13H2,1-3H3,(H2,19,23)(H,20,24). The minimum Gasteiger partial charge on any atom is -0.444 e. The third-order valence-corrected chi connectivity index (χ3v) is 4.01. The van der Waals surface area contributed by atoms with E-state index < -0.39 is 23.9 Å². The predicted molar refractivity (Wildman–Crippen MR) is 97.6 cm³/mol. The maximum Gasteiger partial charge on any atom is 0.407 e. The molecule has 0 spiro atoms. The molecule has 1 aliphatic rings. The second-order valence-corrected chi connectivity index (χ2v) is 7.59. The van der Waals surface area contributed by atoms with Crippen LogP contribution in [0.5, 0.6) is 0 Å². The van der Waals surface area contributed by atoms with Crippen LogP contribution in [0.25, 0.3) is 0 Å². The van der Waals surface area contributed by atoms with Crippen molar-refractivity contribution in [1.29, 1.82) is 0 Å². The normalized spacial score (nSPS) is 18.2. The van der Waals surface area contributed by atoms with Crippen LogP contribution in [0.2, 0.25) is 0 Å². The minimum atomic E-state index is -0.900. The second kappa shape index (κ2) is 10.9. The highest BCUT2D eigenvalue weighted by Crippen LogP contribution is 2.16. The molecule has 0 aliphatic carbocycles. The summed E-state index contributed by atoms with van der Waals surface area (Å²) < 4.78 is 10.1. The summed E-state index contributed by atoms with van der Waals surface area (Å²) in [5.74, 6) is -0.145. The van der Waals surface area contributed by atoms with Crippen LogP contribution in [0.1, 0.15) is 65.7 Å². The molecule has 26 heavy (non-hydrogen) atoms. The van der Waals surface area contributed by atoms with Crippen molar-refractivity contribution in [3.8, 4) is 0 Å². The molecule has 1 fully saturated rings. The molecule has 0 bridgehead atoms. The van der Waals surface area contributed by atoms with Gasteiger partial charge in [-0.05, 0) is 52.9 Å². The van der Waals surface area contributed by atoms with E-state index in [9.17, 15) is 14.4 Å². The van der Waals surface area contributed by atoms with Crippen LogP contribution in [0.15, 0.2) is 0 Å². The predicted octanol–water partition coefficient (Wildman–Crippen LogP) is 2.55. The number of carbonyl (C=O) groups excluding carboxylic acids is 3. The molecule has 0 radical (unpaired) electrons. The third kappa shape index (κ3) is 9.48. The van der Waals surface area contributed by atoms with Gasteiger partial charge in [0.05, 0.1) is 0 Å². The average Bonchev–Trinajstić information content (AvgIpc) is 2.67. The number of nitrogens with two attached hydrogens (primary N) is 1. The molecule has 3 amide bonds. The molecule has 8 nitrogen and oxygen atoms in total. The lowest BCUT2D eigenvalue weighted by atomic mass is 10.1. The largest absolute Gasteiger partial charge is 0.444 e. The number of ether oxygens (including phenoxy) is 2. The van der Waals surface area contributed by atoms with Gasteiger partial charge in [-0.3, -0.25) is 4.79 Å². The van der Waals surface area contributed by atoms with Crippen molar-refractivity contribution in [3.05, 3.63) is 0 Å². The van der Waals surface area contributed by atoms with Crippen LogP contribution in [0, 0.1) is 0 Å². The lowest BCUT2D eigenvalue weighted by molar-refractivity contribution is -0.139. The Kier molecular flexibility index (Phi) is 9.23. The summed E-state index contributed by atoms with van der Waals surface area (Å²) in [6.45, 7) is 7.40. The number of unbranched alkanes of at least 4 members (excludes halogenated alkanes) is 3. The zero-order valence-electron chi connectivity index (χ0n) is 16.2. The summed E-state index contributed by atoms with van der Waals surface area (Å²) >= 11 is 0. The fourth-order valence-electron chi connectivity index (χ4n) is 2.83. The first-order valence-corrected chi connectivity index (χ1v) is 9.41. The van der Waals surface area contributed by atoms with Crippen molar-refractivity contribution in [3.63, 3.8) is 0 Å². The smallest absolute Gasteiger partial charge is 0.407 e. The van der Waals surface area contributed by atoms with E-state index >= 15 is 0 Å². The van der Waals surface area contributed by atoms with Crippen molar-refractivity contribution in [1.82, 2.24) is 10.2 Å². The SMILES string of the molecule is CC(C)(C)OC(=O)NCCCCCCN1CCCCC(OC(N)=O)C1=O. The van der Waals surface area contributed by atoms with Gasteiger partial charge < -0.3 is 25.4 Å². The van der Waals surface area contributed by atoms with Gasteiger partial charge in [0.15, 0.2) is 6.10 Å². The van der Waals surface area contributed by atoms with E-state index in [0.717, 1.165) is 38.5 Å². The van der Waals surface area contributed by atoms with Crippen molar-refractivity contribution >= 4 is 18.1 Å². The van der Waals surface area contributed by atoms with Crippen molar-refractivity contribution in [2.45, 2.75) is 77.4 Å². The van der Waals surface area contributed by atoms with Gasteiger partial charge in [0.1, 0.15) is 5.60 Å². The number of likely N-dealkylation sites (tertiary alicyclic amines) is 1. The first-order chi connectivity index (χ1) is 12.2. The molecule has 0 saturated carbocycles. The fourth-order valence-corrected chi connectivity index (χ4v) is 2.83. The maximum absolute atomic E-state index is 12.4. The van der Waals surface area contributed by atoms with E-state index in [0.29, 0.717) is 26.1 Å². The van der Waals surface area contributed by atoms with E-state index in [1.54, 1.807) is 4.90 Å². The molecule has 1 rings (SSSR count). The Morgan fingerprint density at radius 2 is 1.88 bits per heavy atom. The monoisotopic (exact) mass is 371 g/mol. The molecule has 1 saturated heterocycles. The van der Waals surface area contributed by atoms with Crippen molar-refractivity contribution < 1.29 is 23.9 Å². The lowest BCUT2D eigenvalue weighted by Crippen LogP contribution is -2.41. The van der Waals surface area contributed by atoms with Gasteiger partial charge in [0, 0.05) is 19.6 Å². The molecule has 3 N–H and O–H groups in total. The first kappa shape index (κ1) is 22.1. The summed E-state index contributed by atoms with van der Waals surface area (Å²) in [5.41, 5.74) is 4.55. The van der Waals surface area contributed by atoms with Gasteiger partial charge in [0.25, 0.3) is 5.91 Å². The number of nitrogens with zero attached hydrogens (tertiary/aromatic N) is 1. The quantitative estimate of drug-likeness (QED) is 0.637. The highest BCUT2D eigenvalue weighted by atomic mass is 16.6. The average molecular weight is 371 g/mol. The van der Waals surface area contributed by atoms with Crippen LogP contribution >= 0.6 is 0 Å². The first-order valence-electron chi connectivity index (χ1n) is 9.41. The number of hydrogen-bond acceptors (Lipinski definition) is 5. The number of alkyl carbamates (subject to hydrolysis) is 1. The molecule has 1 heterocycles. The molecule has 0 aromatic carbocycles. The molecule has 0 aromatic rings. The van der Waals surface area contributed by atoms with E-state index in [1.807, 2.05) is 20.8 Å². The fraction of sp³-hybridized carbons (Fsp3) is 0.833. The Balaban J connectivity index is 2.17. The molecule has 8 heteroatoms. The Bertz CT molecular complexity index is 476. The molecular weight excluding hydrogens is 338 g/mol. The van der Waals surface area contributed by atoms with Crippen LogP contribution in [-0.4, -0.2) is 54.3 Å². The Hall–Kier alpha value is -1.99. The number of primary amides is 1. The van der Waals surface area contributed by atoms with Gasteiger partial charge in [-0.15, -0.1) is 0 Å². The minimum absolute atomic E-state index is 0.145. The second-order valence-electron chi connectivity index (χ2n) is 7.59. The van der Waals surface area contributed by atoms with Crippen LogP contribution < -0.4 is 11.1 Å². The van der Waals surface area contributed by atoms with Gasteiger partial charge in [0.2, 0.25) is 0 Å². The summed E-state index contributed by atoms with van der Waals surface area (Å²) in [6.07, 6.45) is 3.90. The van der Waals surface area contributed by atoms with Crippen LogP contribution in [0.3, 0.4) is 0 Å². The van der Waals surface area contributed by atoms with Gasteiger partial charge in [-0.25, -0.2) is 9.59 Å². The zero-order valence-corrected chi connectivity index (χ0v) is 16.2. The summed E-state index contributed by atoms with van der Waals surface area (Å²) in [4.78, 5) is 36.5. The van der Waals surface area contributed by atoms with Crippen LogP contribution in [0.4, 0.5) is 9.59 Å².